The molecule has 3 amide bonds. The van der Waals surface area contributed by atoms with Crippen molar-refractivity contribution in [2.45, 2.75) is 76.5 Å². The lowest BCUT2D eigenvalue weighted by Crippen LogP contribution is -2.58. The van der Waals surface area contributed by atoms with Crippen LogP contribution in [0, 0.1) is 5.92 Å². The second-order valence-electron chi connectivity index (χ2n) is 8.92. The van der Waals surface area contributed by atoms with Crippen LogP contribution in [0.4, 0.5) is 0 Å². The highest BCUT2D eigenvalue weighted by atomic mass is 16.4. The first kappa shape index (κ1) is 30.5. The number of imidazole rings is 1. The molecule has 0 aliphatic heterocycles. The smallest absolute Gasteiger partial charge is 0.326 e. The van der Waals surface area contributed by atoms with Gasteiger partial charge < -0.3 is 42.6 Å². The van der Waals surface area contributed by atoms with Crippen LogP contribution in [-0.2, 0) is 30.4 Å². The maximum absolute atomic E-state index is 13.0. The van der Waals surface area contributed by atoms with E-state index in [1.54, 1.807) is 0 Å². The first-order valence-corrected chi connectivity index (χ1v) is 11.7. The standard InChI is InChI=1S/C22H37N7O7/c1-12(2)7-15(27-19(32)14(24)5-3-4-6-23)20(33)28-16(9-18(30)31)21(34)29-17(22(35)36)8-13-10-25-11-26-13/h10-12,14-17H,3-9,23-24H2,1-2H3,(H,25,26)(H,27,32)(H,28,33)(H,29,34)(H,30,31)(H,35,36). The van der Waals surface area contributed by atoms with Gasteiger partial charge in [0.05, 0.1) is 18.8 Å². The Kier molecular flexibility index (Phi) is 13.1. The number of carboxylic acid groups (broad SMARTS) is 2. The molecule has 1 heterocycles. The number of nitrogens with two attached hydrogens (primary N) is 2. The summed E-state index contributed by atoms with van der Waals surface area (Å²) >= 11 is 0. The van der Waals surface area contributed by atoms with Crippen LogP contribution in [0.1, 0.15) is 51.6 Å². The van der Waals surface area contributed by atoms with Crippen molar-refractivity contribution in [3.8, 4) is 0 Å². The summed E-state index contributed by atoms with van der Waals surface area (Å²) in [5, 5.41) is 25.9. The van der Waals surface area contributed by atoms with E-state index in [9.17, 15) is 34.2 Å². The minimum atomic E-state index is -1.58. The maximum Gasteiger partial charge on any atom is 0.326 e. The number of hydrogen-bond donors (Lipinski definition) is 8. The summed E-state index contributed by atoms with van der Waals surface area (Å²) in [6.45, 7) is 4.11. The van der Waals surface area contributed by atoms with Crippen molar-refractivity contribution in [3.63, 3.8) is 0 Å². The highest BCUT2D eigenvalue weighted by Gasteiger charge is 2.32. The van der Waals surface area contributed by atoms with Crippen molar-refractivity contribution >= 4 is 29.7 Å². The molecule has 0 saturated heterocycles. The third-order valence-corrected chi connectivity index (χ3v) is 5.25. The molecule has 0 aliphatic rings. The Bertz CT molecular complexity index is 876. The van der Waals surface area contributed by atoms with Crippen LogP contribution >= 0.6 is 0 Å². The van der Waals surface area contributed by atoms with Gasteiger partial charge in [-0.2, -0.15) is 0 Å². The molecule has 0 spiro atoms. The monoisotopic (exact) mass is 511 g/mol. The number of H-pyrrole nitrogens is 1. The number of amides is 3. The fourth-order valence-corrected chi connectivity index (χ4v) is 3.37. The molecule has 10 N–H and O–H groups in total. The molecule has 0 fully saturated rings. The molecule has 0 saturated carbocycles. The van der Waals surface area contributed by atoms with E-state index < -0.39 is 60.2 Å². The molecule has 1 rings (SSSR count). The number of carbonyl (C=O) groups is 5. The van der Waals surface area contributed by atoms with Gasteiger partial charge in [-0.05, 0) is 31.7 Å². The molecule has 202 valence electrons. The molecular weight excluding hydrogens is 474 g/mol. The van der Waals surface area contributed by atoms with Gasteiger partial charge in [0.15, 0.2) is 0 Å². The Morgan fingerprint density at radius 1 is 0.972 bits per heavy atom. The molecule has 1 aromatic heterocycles. The molecule has 4 atom stereocenters. The number of nitrogens with one attached hydrogen (secondary N) is 4. The predicted molar refractivity (Wildman–Crippen MR) is 128 cm³/mol. The fraction of sp³-hybridized carbons (Fsp3) is 0.636. The molecule has 0 radical (unpaired) electrons. The number of aromatic nitrogens is 2. The van der Waals surface area contributed by atoms with Crippen molar-refractivity contribution in [2.75, 3.05) is 6.54 Å². The second kappa shape index (κ2) is 15.5. The second-order valence-corrected chi connectivity index (χ2v) is 8.92. The number of aliphatic carboxylic acids is 2. The quantitative estimate of drug-likeness (QED) is 0.112. The number of carboxylic acids is 2. The average molecular weight is 512 g/mol. The molecule has 36 heavy (non-hydrogen) atoms. The van der Waals surface area contributed by atoms with E-state index in [0.29, 0.717) is 31.5 Å². The highest BCUT2D eigenvalue weighted by Crippen LogP contribution is 2.08. The summed E-state index contributed by atoms with van der Waals surface area (Å²) in [6.07, 6.45) is 3.70. The zero-order chi connectivity index (χ0) is 27.3. The Morgan fingerprint density at radius 3 is 2.11 bits per heavy atom. The van der Waals surface area contributed by atoms with Crippen LogP contribution in [0.2, 0.25) is 0 Å². The van der Waals surface area contributed by atoms with Crippen LogP contribution in [0.5, 0.6) is 0 Å². The van der Waals surface area contributed by atoms with Crippen molar-refractivity contribution in [2.24, 2.45) is 17.4 Å². The van der Waals surface area contributed by atoms with E-state index in [-0.39, 0.29) is 18.8 Å². The van der Waals surface area contributed by atoms with Crippen molar-refractivity contribution in [3.05, 3.63) is 18.2 Å². The number of unbranched alkanes of at least 4 members (excludes halogenated alkanes) is 1. The molecule has 0 aliphatic carbocycles. The van der Waals surface area contributed by atoms with E-state index >= 15 is 0 Å². The maximum atomic E-state index is 13.0. The predicted octanol–water partition coefficient (Wildman–Crippen LogP) is -1.53. The third kappa shape index (κ3) is 11.3. The molecule has 1 aromatic rings. The zero-order valence-electron chi connectivity index (χ0n) is 20.5. The van der Waals surface area contributed by atoms with Crippen LogP contribution in [0.15, 0.2) is 12.5 Å². The van der Waals surface area contributed by atoms with Crippen LogP contribution in [0.3, 0.4) is 0 Å². The number of carbonyl (C=O) groups excluding carboxylic acids is 3. The molecule has 0 aromatic carbocycles. The van der Waals surface area contributed by atoms with Gasteiger partial charge in [0.25, 0.3) is 0 Å². The summed E-state index contributed by atoms with van der Waals surface area (Å²) in [7, 11) is 0. The summed E-state index contributed by atoms with van der Waals surface area (Å²) in [4.78, 5) is 67.8. The number of nitrogens with zero attached hydrogens (tertiary/aromatic N) is 1. The summed E-state index contributed by atoms with van der Waals surface area (Å²) in [6, 6.07) is -4.93. The Labute approximate surface area is 209 Å². The van der Waals surface area contributed by atoms with Crippen LogP contribution < -0.4 is 27.4 Å². The number of hydrogen-bond acceptors (Lipinski definition) is 8. The van der Waals surface area contributed by atoms with Gasteiger partial charge in [0, 0.05) is 18.3 Å². The molecule has 14 nitrogen and oxygen atoms in total. The summed E-state index contributed by atoms with van der Waals surface area (Å²) in [5.41, 5.74) is 11.8. The molecular formula is C22H37N7O7. The Hall–Kier alpha value is -3.52. The Balaban J connectivity index is 2.94. The van der Waals surface area contributed by atoms with Gasteiger partial charge in [-0.3, -0.25) is 19.2 Å². The van der Waals surface area contributed by atoms with E-state index in [2.05, 4.69) is 25.9 Å². The Morgan fingerprint density at radius 2 is 1.58 bits per heavy atom. The largest absolute Gasteiger partial charge is 0.481 e. The SMILES string of the molecule is CC(C)CC(NC(=O)C(N)CCCCN)C(=O)NC(CC(=O)O)C(=O)NC(Cc1cnc[nH]1)C(=O)O. The molecule has 0 bridgehead atoms. The van der Waals surface area contributed by atoms with Gasteiger partial charge >= 0.3 is 11.9 Å². The van der Waals surface area contributed by atoms with E-state index in [1.165, 1.54) is 12.5 Å². The lowest BCUT2D eigenvalue weighted by Gasteiger charge is -2.25. The third-order valence-electron chi connectivity index (χ3n) is 5.25. The number of rotatable bonds is 17. The molecule has 4 unspecified atom stereocenters. The van der Waals surface area contributed by atoms with E-state index in [1.807, 2.05) is 13.8 Å². The zero-order valence-corrected chi connectivity index (χ0v) is 20.5. The first-order chi connectivity index (χ1) is 16.9. The van der Waals surface area contributed by atoms with Crippen LogP contribution in [-0.4, -0.2) is 80.6 Å². The van der Waals surface area contributed by atoms with Gasteiger partial charge in [0.2, 0.25) is 17.7 Å². The fourth-order valence-electron chi connectivity index (χ4n) is 3.37. The minimum absolute atomic E-state index is 0.0351. The normalized spacial score (nSPS) is 14.4. The minimum Gasteiger partial charge on any atom is -0.481 e. The van der Waals surface area contributed by atoms with Gasteiger partial charge in [-0.1, -0.05) is 20.3 Å². The van der Waals surface area contributed by atoms with Crippen molar-refractivity contribution in [1.82, 2.24) is 25.9 Å². The van der Waals surface area contributed by atoms with E-state index in [4.69, 9.17) is 11.5 Å². The van der Waals surface area contributed by atoms with E-state index in [0.717, 1.165) is 0 Å². The lowest BCUT2D eigenvalue weighted by atomic mass is 10.0. The van der Waals surface area contributed by atoms with Gasteiger partial charge in [-0.15, -0.1) is 0 Å². The van der Waals surface area contributed by atoms with Gasteiger partial charge in [-0.25, -0.2) is 9.78 Å². The highest BCUT2D eigenvalue weighted by molar-refractivity contribution is 5.95. The summed E-state index contributed by atoms with van der Waals surface area (Å²) < 4.78 is 0. The van der Waals surface area contributed by atoms with Crippen molar-refractivity contribution < 1.29 is 34.2 Å². The lowest BCUT2D eigenvalue weighted by molar-refractivity contribution is -0.143. The van der Waals surface area contributed by atoms with Gasteiger partial charge in [0.1, 0.15) is 18.1 Å². The summed E-state index contributed by atoms with van der Waals surface area (Å²) in [5.74, 6) is -5.11. The molecule has 14 heteroatoms. The van der Waals surface area contributed by atoms with Crippen molar-refractivity contribution in [1.29, 1.82) is 0 Å². The average Bonchev–Trinajstić information content (AvgIpc) is 3.30. The first-order valence-electron chi connectivity index (χ1n) is 11.7. The topological polar surface area (TPSA) is 243 Å². The number of aromatic amines is 1. The van der Waals surface area contributed by atoms with Crippen LogP contribution in [0.25, 0.3) is 0 Å².